The van der Waals surface area contributed by atoms with Gasteiger partial charge in [0.1, 0.15) is 29.0 Å². The number of hydrogen-bond donors (Lipinski definition) is 0. The number of amides is 2. The van der Waals surface area contributed by atoms with Crippen LogP contribution < -0.4 is 0 Å². The minimum atomic E-state index is -0.702. The van der Waals surface area contributed by atoms with Gasteiger partial charge in [0, 0.05) is 11.1 Å². The number of benzene rings is 2. The lowest BCUT2D eigenvalue weighted by atomic mass is 9.94. The highest BCUT2D eigenvalue weighted by molar-refractivity contribution is 6.43. The lowest BCUT2D eigenvalue weighted by Gasteiger charge is -2.27. The number of imide groups is 1. The first-order valence-electron chi connectivity index (χ1n) is 9.78. The Morgan fingerprint density at radius 1 is 1.06 bits per heavy atom. The highest BCUT2D eigenvalue weighted by Crippen LogP contribution is 2.35. The Labute approximate surface area is 198 Å². The molecule has 4 rings (SSSR count). The molecule has 164 valence electrons. The minimum Gasteiger partial charge on any atom is -0.457 e. The monoisotopic (exact) mass is 480 g/mol. The standard InChI is InChI=1S/C25H15Cl2FN2O3/c1-14-19(11-17-9-10-22(33-17)18-3-2-4-21(26)23(18)27)24(31)30(25(32)20(14)12-29)13-15-5-7-16(28)8-6-15/h2-11H,13H2,1H3/b19-11+. The molecule has 0 bridgehead atoms. The molecule has 0 saturated heterocycles. The van der Waals surface area contributed by atoms with Gasteiger partial charge in [-0.15, -0.1) is 0 Å². The average molecular weight is 481 g/mol. The third kappa shape index (κ3) is 4.34. The molecule has 0 unspecified atom stereocenters. The van der Waals surface area contributed by atoms with Crippen molar-refractivity contribution < 1.29 is 18.4 Å². The van der Waals surface area contributed by atoms with Gasteiger partial charge in [-0.2, -0.15) is 5.26 Å². The molecule has 1 aromatic heterocycles. The molecular formula is C25H15Cl2FN2O3. The van der Waals surface area contributed by atoms with Crippen molar-refractivity contribution in [2.45, 2.75) is 13.5 Å². The third-order valence-corrected chi connectivity index (χ3v) is 6.03. The SMILES string of the molecule is CC1=C(C#N)C(=O)N(Cc2ccc(F)cc2)C(=O)/C1=C/c1ccc(-c2cccc(Cl)c2Cl)o1. The Bertz CT molecular complexity index is 1380. The van der Waals surface area contributed by atoms with E-state index >= 15 is 0 Å². The molecule has 1 aliphatic heterocycles. The van der Waals surface area contributed by atoms with E-state index in [-0.39, 0.29) is 23.3 Å². The Balaban J connectivity index is 1.72. The molecule has 5 nitrogen and oxygen atoms in total. The van der Waals surface area contributed by atoms with Crippen LogP contribution in [-0.4, -0.2) is 16.7 Å². The summed E-state index contributed by atoms with van der Waals surface area (Å²) in [6, 6.07) is 15.8. The number of nitrogens with zero attached hydrogens (tertiary/aromatic N) is 2. The molecule has 0 fully saturated rings. The molecule has 1 aliphatic rings. The van der Waals surface area contributed by atoms with Crippen LogP contribution in [0.25, 0.3) is 17.4 Å². The third-order valence-electron chi connectivity index (χ3n) is 5.21. The summed E-state index contributed by atoms with van der Waals surface area (Å²) in [5.41, 5.74) is 1.38. The van der Waals surface area contributed by atoms with Crippen LogP contribution in [-0.2, 0) is 16.1 Å². The summed E-state index contributed by atoms with van der Waals surface area (Å²) < 4.78 is 19.1. The van der Waals surface area contributed by atoms with Crippen molar-refractivity contribution in [3.05, 3.63) is 98.5 Å². The van der Waals surface area contributed by atoms with Crippen molar-refractivity contribution in [1.29, 1.82) is 5.26 Å². The van der Waals surface area contributed by atoms with E-state index < -0.39 is 17.6 Å². The molecule has 33 heavy (non-hydrogen) atoms. The second kappa shape index (κ2) is 9.07. The lowest BCUT2D eigenvalue weighted by molar-refractivity contribution is -0.141. The predicted octanol–water partition coefficient (Wildman–Crippen LogP) is 6.18. The van der Waals surface area contributed by atoms with Gasteiger partial charge in [-0.3, -0.25) is 14.5 Å². The van der Waals surface area contributed by atoms with Gasteiger partial charge in [-0.25, -0.2) is 4.39 Å². The maximum absolute atomic E-state index is 13.2. The topological polar surface area (TPSA) is 74.3 Å². The zero-order valence-corrected chi connectivity index (χ0v) is 18.7. The van der Waals surface area contributed by atoms with E-state index in [9.17, 15) is 19.2 Å². The second-order valence-electron chi connectivity index (χ2n) is 7.30. The second-order valence-corrected chi connectivity index (χ2v) is 8.08. The molecule has 0 spiro atoms. The molecule has 0 atom stereocenters. The van der Waals surface area contributed by atoms with Crippen molar-refractivity contribution in [3.63, 3.8) is 0 Å². The fourth-order valence-electron chi connectivity index (χ4n) is 3.46. The number of carbonyl (C=O) groups excluding carboxylic acids is 2. The Hall–Kier alpha value is -3.66. The summed E-state index contributed by atoms with van der Waals surface area (Å²) in [6.45, 7) is 1.43. The van der Waals surface area contributed by atoms with Gasteiger partial charge >= 0.3 is 0 Å². The molecule has 0 radical (unpaired) electrons. The van der Waals surface area contributed by atoms with Gasteiger partial charge in [0.2, 0.25) is 0 Å². The first-order chi connectivity index (χ1) is 15.8. The first kappa shape index (κ1) is 22.5. The predicted molar refractivity (Wildman–Crippen MR) is 122 cm³/mol. The van der Waals surface area contributed by atoms with Crippen LogP contribution in [0.15, 0.2) is 75.7 Å². The number of halogens is 3. The highest BCUT2D eigenvalue weighted by atomic mass is 35.5. The van der Waals surface area contributed by atoms with Crippen LogP contribution >= 0.6 is 23.2 Å². The normalized spacial score (nSPS) is 15.4. The van der Waals surface area contributed by atoms with Crippen molar-refractivity contribution in [2.24, 2.45) is 0 Å². The summed E-state index contributed by atoms with van der Waals surface area (Å²) in [4.78, 5) is 26.9. The summed E-state index contributed by atoms with van der Waals surface area (Å²) in [5, 5.41) is 10.2. The lowest BCUT2D eigenvalue weighted by Crippen LogP contribution is -2.42. The van der Waals surface area contributed by atoms with Gasteiger partial charge in [0.05, 0.1) is 16.6 Å². The van der Waals surface area contributed by atoms with Crippen LogP contribution in [0.5, 0.6) is 0 Å². The molecule has 3 aromatic rings. The van der Waals surface area contributed by atoms with Crippen LogP contribution in [0, 0.1) is 17.1 Å². The van der Waals surface area contributed by atoms with E-state index in [1.165, 1.54) is 37.3 Å². The summed E-state index contributed by atoms with van der Waals surface area (Å²) >= 11 is 12.3. The van der Waals surface area contributed by atoms with Crippen molar-refractivity contribution in [2.75, 3.05) is 0 Å². The number of furan rings is 1. The number of carbonyl (C=O) groups is 2. The largest absolute Gasteiger partial charge is 0.457 e. The molecule has 2 heterocycles. The van der Waals surface area contributed by atoms with Gasteiger partial charge in [-0.1, -0.05) is 41.4 Å². The van der Waals surface area contributed by atoms with Gasteiger partial charge < -0.3 is 4.42 Å². The van der Waals surface area contributed by atoms with E-state index in [0.717, 1.165) is 4.90 Å². The molecule has 0 aliphatic carbocycles. The van der Waals surface area contributed by atoms with E-state index in [1.807, 2.05) is 6.07 Å². The zero-order valence-electron chi connectivity index (χ0n) is 17.2. The first-order valence-corrected chi connectivity index (χ1v) is 10.5. The maximum atomic E-state index is 13.2. The zero-order chi connectivity index (χ0) is 23.7. The van der Waals surface area contributed by atoms with Crippen LogP contribution in [0.4, 0.5) is 4.39 Å². The van der Waals surface area contributed by atoms with E-state index in [2.05, 4.69) is 0 Å². The van der Waals surface area contributed by atoms with Gasteiger partial charge in [-0.05, 0) is 60.5 Å². The van der Waals surface area contributed by atoms with Gasteiger partial charge in [0.15, 0.2) is 0 Å². The van der Waals surface area contributed by atoms with E-state index in [4.69, 9.17) is 27.6 Å². The number of hydrogen-bond acceptors (Lipinski definition) is 4. The fourth-order valence-corrected chi connectivity index (χ4v) is 3.85. The van der Waals surface area contributed by atoms with Crippen LogP contribution in [0.3, 0.4) is 0 Å². The van der Waals surface area contributed by atoms with Crippen molar-refractivity contribution >= 4 is 41.1 Å². The molecule has 2 aromatic carbocycles. The summed E-state index contributed by atoms with van der Waals surface area (Å²) in [7, 11) is 0. The van der Waals surface area contributed by atoms with Crippen LogP contribution in [0.1, 0.15) is 18.2 Å². The van der Waals surface area contributed by atoms with E-state index in [1.54, 1.807) is 30.3 Å². The Kier molecular flexibility index (Phi) is 6.19. The van der Waals surface area contributed by atoms with Crippen LogP contribution in [0.2, 0.25) is 10.0 Å². The molecule has 2 amide bonds. The molecule has 8 heteroatoms. The summed E-state index contributed by atoms with van der Waals surface area (Å²) in [6.07, 6.45) is 1.47. The fraction of sp³-hybridized carbons (Fsp3) is 0.0800. The number of nitriles is 1. The summed E-state index contributed by atoms with van der Waals surface area (Å²) in [5.74, 6) is -0.944. The van der Waals surface area contributed by atoms with Crippen molar-refractivity contribution in [3.8, 4) is 17.4 Å². The van der Waals surface area contributed by atoms with Gasteiger partial charge in [0.25, 0.3) is 11.8 Å². The molecule has 0 saturated carbocycles. The Morgan fingerprint density at radius 2 is 1.79 bits per heavy atom. The van der Waals surface area contributed by atoms with Crippen molar-refractivity contribution in [1.82, 2.24) is 4.90 Å². The smallest absolute Gasteiger partial charge is 0.271 e. The maximum Gasteiger partial charge on any atom is 0.271 e. The molecule has 0 N–H and O–H groups in total. The average Bonchev–Trinajstić information content (AvgIpc) is 3.26. The minimum absolute atomic E-state index is 0.102. The number of rotatable bonds is 4. The quantitative estimate of drug-likeness (QED) is 0.329. The molecular weight excluding hydrogens is 466 g/mol. The Morgan fingerprint density at radius 3 is 2.48 bits per heavy atom. The van der Waals surface area contributed by atoms with E-state index in [0.29, 0.717) is 32.7 Å². The highest BCUT2D eigenvalue weighted by Gasteiger charge is 2.35.